The molecular formula is C12H17F2NO2. The Hall–Kier alpha value is -1.36. The van der Waals surface area contributed by atoms with Gasteiger partial charge in [0, 0.05) is 12.5 Å². The minimum Gasteiger partial charge on any atom is -0.497 e. The first kappa shape index (κ1) is 13.7. The van der Waals surface area contributed by atoms with Crippen LogP contribution in [0, 0.1) is 6.92 Å². The molecule has 3 nitrogen and oxygen atoms in total. The Labute approximate surface area is 99.5 Å². The lowest BCUT2D eigenvalue weighted by Gasteiger charge is -2.21. The molecular weight excluding hydrogens is 228 g/mol. The van der Waals surface area contributed by atoms with Gasteiger partial charge in [-0.2, -0.15) is 0 Å². The number of aryl methyl sites for hydroxylation is 1. The van der Waals surface area contributed by atoms with E-state index >= 15 is 0 Å². The van der Waals surface area contributed by atoms with Crippen molar-refractivity contribution in [2.75, 3.05) is 20.8 Å². The van der Waals surface area contributed by atoms with Gasteiger partial charge in [0.1, 0.15) is 11.5 Å². The van der Waals surface area contributed by atoms with Crippen molar-refractivity contribution in [3.8, 4) is 11.5 Å². The van der Waals surface area contributed by atoms with E-state index in [-0.39, 0.29) is 17.9 Å². The van der Waals surface area contributed by atoms with Gasteiger partial charge in [0.15, 0.2) is 0 Å². The summed E-state index contributed by atoms with van der Waals surface area (Å²) in [6, 6.07) is 3.01. The number of alkyl halides is 2. The third-order valence-corrected chi connectivity index (χ3v) is 2.55. The molecule has 5 heteroatoms. The van der Waals surface area contributed by atoms with Gasteiger partial charge in [0.25, 0.3) is 5.92 Å². The van der Waals surface area contributed by atoms with Crippen LogP contribution in [0.25, 0.3) is 0 Å². The second kappa shape index (κ2) is 5.31. The van der Waals surface area contributed by atoms with Crippen molar-refractivity contribution in [2.45, 2.75) is 19.3 Å². The van der Waals surface area contributed by atoms with E-state index < -0.39 is 12.3 Å². The van der Waals surface area contributed by atoms with Gasteiger partial charge >= 0.3 is 0 Å². The second-order valence-electron chi connectivity index (χ2n) is 3.76. The number of hydrogen-bond acceptors (Lipinski definition) is 3. The lowest BCUT2D eigenvalue weighted by molar-refractivity contribution is -0.0134. The Kier molecular flexibility index (Phi) is 4.28. The number of benzene rings is 1. The Bertz CT molecular complexity index is 394. The van der Waals surface area contributed by atoms with E-state index in [0.29, 0.717) is 11.3 Å². The fourth-order valence-corrected chi connectivity index (χ4v) is 1.78. The molecule has 0 amide bonds. The fraction of sp³-hybridized carbons (Fsp3) is 0.500. The van der Waals surface area contributed by atoms with Crippen LogP contribution < -0.4 is 15.2 Å². The zero-order valence-corrected chi connectivity index (χ0v) is 10.2. The molecule has 0 bridgehead atoms. The van der Waals surface area contributed by atoms with E-state index in [0.717, 1.165) is 0 Å². The van der Waals surface area contributed by atoms with E-state index in [4.69, 9.17) is 15.2 Å². The van der Waals surface area contributed by atoms with Crippen LogP contribution in [0.15, 0.2) is 12.1 Å². The number of hydrogen-bond donors (Lipinski definition) is 1. The molecule has 0 aromatic heterocycles. The van der Waals surface area contributed by atoms with Crippen molar-refractivity contribution >= 4 is 0 Å². The zero-order chi connectivity index (χ0) is 13.1. The SMILES string of the molecule is COc1cc(C)c(C(F)(F)CCN)c(OC)c1. The number of methoxy groups -OCH3 is 2. The summed E-state index contributed by atoms with van der Waals surface area (Å²) in [5, 5.41) is 0. The first-order chi connectivity index (χ1) is 7.96. The summed E-state index contributed by atoms with van der Waals surface area (Å²) in [7, 11) is 2.84. The Morgan fingerprint density at radius 3 is 2.35 bits per heavy atom. The molecule has 0 aliphatic rings. The average molecular weight is 245 g/mol. The van der Waals surface area contributed by atoms with Crippen molar-refractivity contribution in [1.82, 2.24) is 0 Å². The van der Waals surface area contributed by atoms with Crippen LogP contribution in [0.2, 0.25) is 0 Å². The number of rotatable bonds is 5. The number of nitrogens with two attached hydrogens (primary N) is 1. The minimum absolute atomic E-state index is 0.0817. The molecule has 0 atom stereocenters. The topological polar surface area (TPSA) is 44.5 Å². The molecule has 0 spiro atoms. The predicted octanol–water partition coefficient (Wildman–Crippen LogP) is 2.45. The Morgan fingerprint density at radius 1 is 1.24 bits per heavy atom. The second-order valence-corrected chi connectivity index (χ2v) is 3.76. The van der Waals surface area contributed by atoms with Gasteiger partial charge in [-0.3, -0.25) is 0 Å². The molecule has 0 heterocycles. The molecule has 0 unspecified atom stereocenters. The van der Waals surface area contributed by atoms with Gasteiger partial charge in [-0.1, -0.05) is 0 Å². The van der Waals surface area contributed by atoms with Gasteiger partial charge < -0.3 is 15.2 Å². The predicted molar refractivity (Wildman–Crippen MR) is 61.8 cm³/mol. The maximum Gasteiger partial charge on any atom is 0.278 e. The van der Waals surface area contributed by atoms with Gasteiger partial charge in [0.05, 0.1) is 19.8 Å². The van der Waals surface area contributed by atoms with E-state index in [1.807, 2.05) is 0 Å². The molecule has 0 aliphatic heterocycles. The van der Waals surface area contributed by atoms with Gasteiger partial charge in [0.2, 0.25) is 0 Å². The van der Waals surface area contributed by atoms with E-state index in [1.54, 1.807) is 13.0 Å². The minimum atomic E-state index is -2.99. The van der Waals surface area contributed by atoms with Crippen LogP contribution >= 0.6 is 0 Å². The van der Waals surface area contributed by atoms with Crippen LogP contribution in [-0.2, 0) is 5.92 Å². The molecule has 0 radical (unpaired) electrons. The molecule has 17 heavy (non-hydrogen) atoms. The number of ether oxygens (including phenoxy) is 2. The summed E-state index contributed by atoms with van der Waals surface area (Å²) in [6.45, 7) is 1.52. The maximum atomic E-state index is 13.9. The van der Waals surface area contributed by atoms with Crippen LogP contribution in [0.3, 0.4) is 0 Å². The van der Waals surface area contributed by atoms with Gasteiger partial charge in [-0.25, -0.2) is 8.78 Å². The molecule has 1 aromatic rings. The highest BCUT2D eigenvalue weighted by atomic mass is 19.3. The Morgan fingerprint density at radius 2 is 1.88 bits per heavy atom. The molecule has 0 saturated carbocycles. The number of halogens is 2. The van der Waals surface area contributed by atoms with E-state index in [9.17, 15) is 8.78 Å². The summed E-state index contributed by atoms with van der Waals surface area (Å²) in [4.78, 5) is 0. The standard InChI is InChI=1S/C12H17F2NO2/c1-8-6-9(16-2)7-10(17-3)11(8)12(13,14)4-5-15/h6-7H,4-5,15H2,1-3H3. The highest BCUT2D eigenvalue weighted by molar-refractivity contribution is 5.48. The molecule has 1 aromatic carbocycles. The van der Waals surface area contributed by atoms with E-state index in [1.165, 1.54) is 20.3 Å². The van der Waals surface area contributed by atoms with Crippen molar-refractivity contribution < 1.29 is 18.3 Å². The van der Waals surface area contributed by atoms with Crippen molar-refractivity contribution in [1.29, 1.82) is 0 Å². The summed E-state index contributed by atoms with van der Waals surface area (Å²) < 4.78 is 37.8. The fourth-order valence-electron chi connectivity index (χ4n) is 1.78. The molecule has 0 aliphatic carbocycles. The lowest BCUT2D eigenvalue weighted by atomic mass is 9.98. The van der Waals surface area contributed by atoms with Crippen LogP contribution in [-0.4, -0.2) is 20.8 Å². The highest BCUT2D eigenvalue weighted by Crippen LogP contribution is 2.41. The maximum absolute atomic E-state index is 13.9. The monoisotopic (exact) mass is 245 g/mol. The molecule has 96 valence electrons. The molecule has 0 saturated heterocycles. The Balaban J connectivity index is 3.31. The summed E-state index contributed by atoms with van der Waals surface area (Å²) in [6.07, 6.45) is -0.406. The van der Waals surface area contributed by atoms with E-state index in [2.05, 4.69) is 0 Å². The summed E-state index contributed by atoms with van der Waals surface area (Å²) in [5.74, 6) is -2.37. The molecule has 1 rings (SSSR count). The third kappa shape index (κ3) is 2.85. The van der Waals surface area contributed by atoms with Crippen molar-refractivity contribution in [3.63, 3.8) is 0 Å². The first-order valence-electron chi connectivity index (χ1n) is 5.27. The largest absolute Gasteiger partial charge is 0.497 e. The van der Waals surface area contributed by atoms with Crippen LogP contribution in [0.1, 0.15) is 17.5 Å². The molecule has 0 fully saturated rings. The zero-order valence-electron chi connectivity index (χ0n) is 10.2. The van der Waals surface area contributed by atoms with Crippen LogP contribution in [0.5, 0.6) is 11.5 Å². The highest BCUT2D eigenvalue weighted by Gasteiger charge is 2.35. The average Bonchev–Trinajstić information content (AvgIpc) is 2.27. The van der Waals surface area contributed by atoms with Gasteiger partial charge in [-0.05, 0) is 25.1 Å². The lowest BCUT2D eigenvalue weighted by Crippen LogP contribution is -2.20. The smallest absolute Gasteiger partial charge is 0.278 e. The van der Waals surface area contributed by atoms with Crippen molar-refractivity contribution in [2.24, 2.45) is 5.73 Å². The normalized spacial score (nSPS) is 11.4. The van der Waals surface area contributed by atoms with Crippen molar-refractivity contribution in [3.05, 3.63) is 23.3 Å². The van der Waals surface area contributed by atoms with Crippen LogP contribution in [0.4, 0.5) is 8.78 Å². The first-order valence-corrected chi connectivity index (χ1v) is 5.27. The quantitative estimate of drug-likeness (QED) is 0.866. The molecule has 2 N–H and O–H groups in total. The summed E-state index contributed by atoms with van der Waals surface area (Å²) in [5.41, 5.74) is 5.52. The third-order valence-electron chi connectivity index (χ3n) is 2.55. The van der Waals surface area contributed by atoms with Gasteiger partial charge in [-0.15, -0.1) is 0 Å². The summed E-state index contributed by atoms with van der Waals surface area (Å²) >= 11 is 0.